The Balaban J connectivity index is 2.18. The van der Waals surface area contributed by atoms with Gasteiger partial charge in [-0.25, -0.2) is 4.79 Å². The Hall–Kier alpha value is -2.77. The van der Waals surface area contributed by atoms with Crippen LogP contribution in [0.5, 0.6) is 5.75 Å². The number of methoxy groups -OCH3 is 2. The zero-order valence-corrected chi connectivity index (χ0v) is 14.7. The summed E-state index contributed by atoms with van der Waals surface area (Å²) in [4.78, 5) is 39.1. The van der Waals surface area contributed by atoms with Crippen molar-refractivity contribution in [2.24, 2.45) is 0 Å². The van der Waals surface area contributed by atoms with Crippen molar-refractivity contribution in [1.82, 2.24) is 9.80 Å². The molecule has 0 aliphatic carbocycles. The summed E-state index contributed by atoms with van der Waals surface area (Å²) in [6.07, 6.45) is 0.272. The largest absolute Gasteiger partial charge is 0.496 e. The number of hydrogen-bond donors (Lipinski definition) is 1. The molecule has 1 heterocycles. The molecule has 0 spiro atoms. The number of carbonyl (C=O) groups is 3. The number of carbonyl (C=O) groups excluding carboxylic acids is 3. The van der Waals surface area contributed by atoms with E-state index in [1.165, 1.54) is 21.1 Å². The number of rotatable bonds is 3. The first-order valence-electron chi connectivity index (χ1n) is 8.04. The molecule has 0 aromatic heterocycles. The standard InChI is InChI=1S/C17H23N3O5/c1-12(21)18-13-5-6-15(24-2)14(11-13)16(22)19-7-4-8-20(10-9-19)17(23)25-3/h5-6,11H,4,7-10H2,1-3H3,(H,18,21). The molecule has 1 N–H and O–H groups in total. The van der Waals surface area contributed by atoms with Crippen LogP contribution < -0.4 is 10.1 Å². The van der Waals surface area contributed by atoms with Gasteiger partial charge in [0.15, 0.2) is 0 Å². The Bertz CT molecular complexity index is 662. The molecule has 2 rings (SSSR count). The smallest absolute Gasteiger partial charge is 0.409 e. The van der Waals surface area contributed by atoms with Crippen molar-refractivity contribution in [3.05, 3.63) is 23.8 Å². The molecule has 25 heavy (non-hydrogen) atoms. The van der Waals surface area contributed by atoms with Gasteiger partial charge in [0.1, 0.15) is 5.75 Å². The zero-order valence-electron chi connectivity index (χ0n) is 14.7. The maximum atomic E-state index is 12.9. The lowest BCUT2D eigenvalue weighted by Gasteiger charge is -2.22. The van der Waals surface area contributed by atoms with Crippen LogP contribution in [0.25, 0.3) is 0 Å². The van der Waals surface area contributed by atoms with Crippen molar-refractivity contribution in [2.75, 3.05) is 45.7 Å². The number of anilines is 1. The van der Waals surface area contributed by atoms with Gasteiger partial charge < -0.3 is 24.6 Å². The molecule has 1 fully saturated rings. The quantitative estimate of drug-likeness (QED) is 0.895. The van der Waals surface area contributed by atoms with E-state index >= 15 is 0 Å². The molecular weight excluding hydrogens is 326 g/mol. The highest BCUT2D eigenvalue weighted by atomic mass is 16.5. The molecule has 0 saturated carbocycles. The van der Waals surface area contributed by atoms with Gasteiger partial charge in [-0.2, -0.15) is 0 Å². The fourth-order valence-electron chi connectivity index (χ4n) is 2.76. The lowest BCUT2D eigenvalue weighted by atomic mass is 10.1. The average molecular weight is 349 g/mol. The van der Waals surface area contributed by atoms with Gasteiger partial charge in [0.05, 0.1) is 19.8 Å². The maximum Gasteiger partial charge on any atom is 0.409 e. The first-order valence-corrected chi connectivity index (χ1v) is 8.04. The normalized spacial score (nSPS) is 14.5. The van der Waals surface area contributed by atoms with Gasteiger partial charge >= 0.3 is 6.09 Å². The number of nitrogens with one attached hydrogen (secondary N) is 1. The summed E-state index contributed by atoms with van der Waals surface area (Å²) in [5, 5.41) is 2.66. The lowest BCUT2D eigenvalue weighted by molar-refractivity contribution is -0.114. The van der Waals surface area contributed by atoms with Crippen molar-refractivity contribution in [3.63, 3.8) is 0 Å². The van der Waals surface area contributed by atoms with Gasteiger partial charge in [-0.15, -0.1) is 0 Å². The highest BCUT2D eigenvalue weighted by Gasteiger charge is 2.25. The van der Waals surface area contributed by atoms with E-state index in [-0.39, 0.29) is 17.9 Å². The molecule has 8 heteroatoms. The Morgan fingerprint density at radius 3 is 2.36 bits per heavy atom. The van der Waals surface area contributed by atoms with Gasteiger partial charge in [0.2, 0.25) is 5.91 Å². The minimum absolute atomic E-state index is 0.198. The third-order valence-corrected chi connectivity index (χ3v) is 3.97. The number of ether oxygens (including phenoxy) is 2. The summed E-state index contributed by atoms with van der Waals surface area (Å²) in [5.74, 6) is 0.0241. The lowest BCUT2D eigenvalue weighted by Crippen LogP contribution is -2.37. The minimum Gasteiger partial charge on any atom is -0.496 e. The molecule has 1 aliphatic rings. The number of benzene rings is 1. The van der Waals surface area contributed by atoms with E-state index in [1.807, 2.05) is 0 Å². The Labute approximate surface area is 146 Å². The molecule has 0 radical (unpaired) electrons. The van der Waals surface area contributed by atoms with E-state index in [1.54, 1.807) is 28.0 Å². The van der Waals surface area contributed by atoms with Crippen LogP contribution in [-0.2, 0) is 9.53 Å². The van der Waals surface area contributed by atoms with Crippen LogP contribution in [0.15, 0.2) is 18.2 Å². The number of hydrogen-bond acceptors (Lipinski definition) is 5. The third kappa shape index (κ3) is 4.62. The predicted molar refractivity (Wildman–Crippen MR) is 91.8 cm³/mol. The first-order chi connectivity index (χ1) is 12.0. The summed E-state index contributed by atoms with van der Waals surface area (Å²) in [5.41, 5.74) is 0.905. The Morgan fingerprint density at radius 1 is 1.04 bits per heavy atom. The van der Waals surface area contributed by atoms with Crippen LogP contribution in [0.4, 0.5) is 10.5 Å². The Kier molecular flexibility index (Phi) is 6.21. The Morgan fingerprint density at radius 2 is 1.72 bits per heavy atom. The average Bonchev–Trinajstić information content (AvgIpc) is 2.86. The molecule has 136 valence electrons. The molecule has 8 nitrogen and oxygen atoms in total. The van der Waals surface area contributed by atoms with E-state index in [2.05, 4.69) is 5.32 Å². The zero-order chi connectivity index (χ0) is 18.4. The van der Waals surface area contributed by atoms with Gasteiger partial charge in [-0.1, -0.05) is 0 Å². The summed E-state index contributed by atoms with van der Waals surface area (Å²) in [6.45, 7) is 3.29. The van der Waals surface area contributed by atoms with E-state index in [0.29, 0.717) is 49.6 Å². The molecule has 1 aliphatic heterocycles. The van der Waals surface area contributed by atoms with Crippen molar-refractivity contribution in [3.8, 4) is 5.75 Å². The molecule has 1 aromatic rings. The summed E-state index contributed by atoms with van der Waals surface area (Å²) < 4.78 is 10.0. The van der Waals surface area contributed by atoms with Gasteiger partial charge in [0, 0.05) is 38.8 Å². The molecule has 1 saturated heterocycles. The van der Waals surface area contributed by atoms with Crippen LogP contribution in [0.3, 0.4) is 0 Å². The SMILES string of the molecule is COC(=O)N1CCCN(C(=O)c2cc(NC(C)=O)ccc2OC)CC1. The molecule has 0 bridgehead atoms. The molecule has 0 unspecified atom stereocenters. The molecular formula is C17H23N3O5. The van der Waals surface area contributed by atoms with Crippen LogP contribution in [0.2, 0.25) is 0 Å². The van der Waals surface area contributed by atoms with Crippen LogP contribution in [-0.4, -0.2) is 68.1 Å². The maximum absolute atomic E-state index is 12.9. The van der Waals surface area contributed by atoms with E-state index in [0.717, 1.165) is 0 Å². The van der Waals surface area contributed by atoms with E-state index in [4.69, 9.17) is 9.47 Å². The summed E-state index contributed by atoms with van der Waals surface area (Å²) in [7, 11) is 2.83. The molecule has 3 amide bonds. The minimum atomic E-state index is -0.389. The second-order valence-corrected chi connectivity index (χ2v) is 5.70. The van der Waals surface area contributed by atoms with Crippen molar-refractivity contribution >= 4 is 23.6 Å². The van der Waals surface area contributed by atoms with Crippen molar-refractivity contribution in [2.45, 2.75) is 13.3 Å². The van der Waals surface area contributed by atoms with E-state index < -0.39 is 0 Å². The number of amides is 3. The highest BCUT2D eigenvalue weighted by Crippen LogP contribution is 2.25. The van der Waals surface area contributed by atoms with E-state index in [9.17, 15) is 14.4 Å². The second kappa shape index (κ2) is 8.36. The predicted octanol–water partition coefficient (Wildman–Crippen LogP) is 1.57. The fourth-order valence-corrected chi connectivity index (χ4v) is 2.76. The number of nitrogens with zero attached hydrogens (tertiary/aromatic N) is 2. The monoisotopic (exact) mass is 349 g/mol. The summed E-state index contributed by atoms with van der Waals surface area (Å²) in [6, 6.07) is 4.93. The van der Waals surface area contributed by atoms with Crippen LogP contribution >= 0.6 is 0 Å². The topological polar surface area (TPSA) is 88.2 Å². The highest BCUT2D eigenvalue weighted by molar-refractivity contribution is 5.99. The van der Waals surface area contributed by atoms with Gasteiger partial charge in [-0.3, -0.25) is 9.59 Å². The van der Waals surface area contributed by atoms with Gasteiger partial charge in [-0.05, 0) is 24.6 Å². The van der Waals surface area contributed by atoms with Crippen molar-refractivity contribution < 1.29 is 23.9 Å². The summed E-state index contributed by atoms with van der Waals surface area (Å²) >= 11 is 0. The molecule has 0 atom stereocenters. The third-order valence-electron chi connectivity index (χ3n) is 3.97. The van der Waals surface area contributed by atoms with Crippen LogP contribution in [0.1, 0.15) is 23.7 Å². The fraction of sp³-hybridized carbons (Fsp3) is 0.471. The second-order valence-electron chi connectivity index (χ2n) is 5.70. The van der Waals surface area contributed by atoms with Crippen molar-refractivity contribution in [1.29, 1.82) is 0 Å². The molecule has 1 aromatic carbocycles. The first kappa shape index (κ1) is 18.6. The van der Waals surface area contributed by atoms with Gasteiger partial charge in [0.25, 0.3) is 5.91 Å². The van der Waals surface area contributed by atoms with Crippen LogP contribution in [0, 0.1) is 0 Å².